The molecule has 0 spiro atoms. The van der Waals surface area contributed by atoms with Crippen molar-refractivity contribution in [3.63, 3.8) is 0 Å². The van der Waals surface area contributed by atoms with Gasteiger partial charge in [0, 0.05) is 12.5 Å². The second kappa shape index (κ2) is 14.2. The Kier molecular flexibility index (Phi) is 11.1. The minimum Gasteiger partial charge on any atom is -0.445 e. The Bertz CT molecular complexity index is 1040. The van der Waals surface area contributed by atoms with E-state index in [-0.39, 0.29) is 30.8 Å². The van der Waals surface area contributed by atoms with Crippen LogP contribution in [0.1, 0.15) is 65.4 Å². The van der Waals surface area contributed by atoms with E-state index in [1.54, 1.807) is 6.92 Å². The first-order chi connectivity index (χ1) is 18.9. The van der Waals surface area contributed by atoms with Crippen LogP contribution in [0.3, 0.4) is 0 Å². The summed E-state index contributed by atoms with van der Waals surface area (Å²) >= 11 is 0. The topological polar surface area (TPSA) is 152 Å². The molecule has 220 valence electrons. The standard InChI is InChI=1S/C29H42N4O7/c1-18(40-29(2,3)4)24(33-28(38)39-17-20-8-6-5-7-9-20)27(37)32-23(14-19-10-11-19)26(36)31-22(16-34)15-21-12-13-30-25(21)35/h5-9,16,18-19,21-24H,10-15,17H2,1-4H3,(H,30,35)(H,31,36)(H,32,37)(H,33,38)/t18-,21+,22+,23+,24+/m1/s1. The van der Waals surface area contributed by atoms with Gasteiger partial charge in [0.25, 0.3) is 0 Å². The monoisotopic (exact) mass is 558 g/mol. The van der Waals surface area contributed by atoms with Gasteiger partial charge < -0.3 is 35.5 Å². The summed E-state index contributed by atoms with van der Waals surface area (Å²) in [5, 5.41) is 10.8. The van der Waals surface area contributed by atoms with E-state index < -0.39 is 47.7 Å². The molecule has 1 saturated heterocycles. The third kappa shape index (κ3) is 10.3. The van der Waals surface area contributed by atoms with Crippen molar-refractivity contribution in [2.75, 3.05) is 6.54 Å². The molecule has 0 unspecified atom stereocenters. The molecular formula is C29H42N4O7. The number of carbonyl (C=O) groups is 5. The fourth-order valence-corrected chi connectivity index (χ4v) is 4.70. The summed E-state index contributed by atoms with van der Waals surface area (Å²) in [5.41, 5.74) is 0.181. The first kappa shape index (κ1) is 31.1. The van der Waals surface area contributed by atoms with E-state index in [1.807, 2.05) is 51.1 Å². The summed E-state index contributed by atoms with van der Waals surface area (Å²) in [6, 6.07) is 6.21. The molecule has 11 heteroatoms. The van der Waals surface area contributed by atoms with E-state index >= 15 is 0 Å². The molecule has 11 nitrogen and oxygen atoms in total. The maximum atomic E-state index is 13.5. The van der Waals surface area contributed by atoms with E-state index in [9.17, 15) is 24.0 Å². The maximum Gasteiger partial charge on any atom is 0.408 e. The molecule has 1 aliphatic carbocycles. The molecule has 0 aromatic heterocycles. The van der Waals surface area contributed by atoms with Gasteiger partial charge in [0.1, 0.15) is 25.0 Å². The molecule has 1 aliphatic heterocycles. The highest BCUT2D eigenvalue weighted by Gasteiger charge is 2.37. The van der Waals surface area contributed by atoms with Crippen molar-refractivity contribution < 1.29 is 33.4 Å². The van der Waals surface area contributed by atoms with Crippen molar-refractivity contribution in [1.29, 1.82) is 0 Å². The Balaban J connectivity index is 1.67. The number of nitrogens with one attached hydrogen (secondary N) is 4. The molecule has 1 saturated carbocycles. The number of aldehydes is 1. The van der Waals surface area contributed by atoms with Gasteiger partial charge in [-0.25, -0.2) is 4.79 Å². The van der Waals surface area contributed by atoms with Gasteiger partial charge in [0.15, 0.2) is 0 Å². The third-order valence-electron chi connectivity index (χ3n) is 6.87. The smallest absolute Gasteiger partial charge is 0.408 e. The summed E-state index contributed by atoms with van der Waals surface area (Å²) in [5.74, 6) is -1.32. The predicted octanol–water partition coefficient (Wildman–Crippen LogP) is 1.98. The number of ether oxygens (including phenoxy) is 2. The van der Waals surface area contributed by atoms with Gasteiger partial charge >= 0.3 is 6.09 Å². The molecule has 1 aromatic carbocycles. The largest absolute Gasteiger partial charge is 0.445 e. The molecule has 3 rings (SSSR count). The van der Waals surface area contributed by atoms with Crippen LogP contribution in [0, 0.1) is 11.8 Å². The van der Waals surface area contributed by atoms with Crippen LogP contribution >= 0.6 is 0 Å². The van der Waals surface area contributed by atoms with Gasteiger partial charge in [0.05, 0.1) is 17.7 Å². The third-order valence-corrected chi connectivity index (χ3v) is 6.87. The summed E-state index contributed by atoms with van der Waals surface area (Å²) in [6.45, 7) is 7.73. The van der Waals surface area contributed by atoms with Gasteiger partial charge in [-0.2, -0.15) is 0 Å². The molecule has 1 heterocycles. The zero-order chi connectivity index (χ0) is 29.3. The quantitative estimate of drug-likeness (QED) is 0.255. The molecule has 4 N–H and O–H groups in total. The minimum atomic E-state index is -1.15. The lowest BCUT2D eigenvalue weighted by molar-refractivity contribution is -0.135. The molecule has 2 aliphatic rings. The van der Waals surface area contributed by atoms with E-state index in [0.717, 1.165) is 18.4 Å². The summed E-state index contributed by atoms with van der Waals surface area (Å²) < 4.78 is 11.3. The Hall–Kier alpha value is -3.47. The van der Waals surface area contributed by atoms with E-state index in [1.165, 1.54) is 0 Å². The number of benzene rings is 1. The lowest BCUT2D eigenvalue weighted by atomic mass is 9.98. The van der Waals surface area contributed by atoms with Crippen molar-refractivity contribution in [1.82, 2.24) is 21.3 Å². The molecular weight excluding hydrogens is 516 g/mol. The highest BCUT2D eigenvalue weighted by molar-refractivity contribution is 5.92. The Labute approximate surface area is 235 Å². The highest BCUT2D eigenvalue weighted by Crippen LogP contribution is 2.33. The zero-order valence-electron chi connectivity index (χ0n) is 23.7. The van der Waals surface area contributed by atoms with Gasteiger partial charge in [-0.15, -0.1) is 0 Å². The fourth-order valence-electron chi connectivity index (χ4n) is 4.70. The number of hydrogen-bond donors (Lipinski definition) is 4. The van der Waals surface area contributed by atoms with Crippen molar-refractivity contribution in [2.24, 2.45) is 11.8 Å². The van der Waals surface area contributed by atoms with E-state index in [4.69, 9.17) is 9.47 Å². The normalized spacial score (nSPS) is 19.9. The van der Waals surface area contributed by atoms with Crippen molar-refractivity contribution in [3.8, 4) is 0 Å². The molecule has 1 aromatic rings. The Morgan fingerprint density at radius 3 is 2.30 bits per heavy atom. The summed E-state index contributed by atoms with van der Waals surface area (Å²) in [6.07, 6.45) is 2.13. The zero-order valence-corrected chi connectivity index (χ0v) is 23.7. The fraction of sp³-hybridized carbons (Fsp3) is 0.621. The molecule has 5 atom stereocenters. The average Bonchev–Trinajstić information content (AvgIpc) is 3.63. The van der Waals surface area contributed by atoms with Gasteiger partial charge in [-0.3, -0.25) is 14.4 Å². The number of carbonyl (C=O) groups excluding carboxylic acids is 5. The van der Waals surface area contributed by atoms with Crippen molar-refractivity contribution >= 4 is 30.1 Å². The molecule has 0 bridgehead atoms. The first-order valence-electron chi connectivity index (χ1n) is 13.9. The van der Waals surface area contributed by atoms with Crippen LogP contribution in [-0.4, -0.2) is 66.5 Å². The summed E-state index contributed by atoms with van der Waals surface area (Å²) in [4.78, 5) is 63.1. The van der Waals surface area contributed by atoms with Crippen LogP contribution in [0.15, 0.2) is 30.3 Å². The van der Waals surface area contributed by atoms with Crippen LogP contribution in [-0.2, 0) is 35.3 Å². The predicted molar refractivity (Wildman–Crippen MR) is 147 cm³/mol. The number of amides is 4. The van der Waals surface area contributed by atoms with Crippen LogP contribution in [0.2, 0.25) is 0 Å². The van der Waals surface area contributed by atoms with E-state index in [2.05, 4.69) is 21.3 Å². The van der Waals surface area contributed by atoms with Crippen LogP contribution in [0.4, 0.5) is 4.79 Å². The van der Waals surface area contributed by atoms with Crippen molar-refractivity contribution in [2.45, 2.75) is 96.2 Å². The minimum absolute atomic E-state index is 0.0222. The first-order valence-corrected chi connectivity index (χ1v) is 13.9. The lowest BCUT2D eigenvalue weighted by Crippen LogP contribution is -2.59. The Morgan fingerprint density at radius 2 is 1.73 bits per heavy atom. The van der Waals surface area contributed by atoms with Gasteiger partial charge in [0.2, 0.25) is 17.7 Å². The van der Waals surface area contributed by atoms with Gasteiger partial charge in [-0.1, -0.05) is 43.2 Å². The van der Waals surface area contributed by atoms with Crippen LogP contribution < -0.4 is 21.3 Å². The summed E-state index contributed by atoms with van der Waals surface area (Å²) in [7, 11) is 0. The van der Waals surface area contributed by atoms with Crippen LogP contribution in [0.5, 0.6) is 0 Å². The lowest BCUT2D eigenvalue weighted by Gasteiger charge is -2.31. The Morgan fingerprint density at radius 1 is 1.02 bits per heavy atom. The SMILES string of the molecule is C[C@@H](OC(C)(C)C)[C@H](NC(=O)OCc1ccccc1)C(=O)N[C@@H](CC1CC1)C(=O)N[C@H](C=O)C[C@@H]1CCNC1=O. The number of rotatable bonds is 14. The van der Waals surface area contributed by atoms with Crippen LogP contribution in [0.25, 0.3) is 0 Å². The maximum absolute atomic E-state index is 13.5. The molecule has 4 amide bonds. The molecule has 2 fully saturated rings. The highest BCUT2D eigenvalue weighted by atomic mass is 16.6. The van der Waals surface area contributed by atoms with Crippen molar-refractivity contribution in [3.05, 3.63) is 35.9 Å². The number of hydrogen-bond acceptors (Lipinski definition) is 7. The second-order valence-corrected chi connectivity index (χ2v) is 11.6. The molecule has 40 heavy (non-hydrogen) atoms. The number of alkyl carbamates (subject to hydrolysis) is 1. The average molecular weight is 559 g/mol. The molecule has 0 radical (unpaired) electrons. The van der Waals surface area contributed by atoms with E-state index in [0.29, 0.717) is 25.7 Å². The van der Waals surface area contributed by atoms with Gasteiger partial charge in [-0.05, 0) is 58.4 Å². The second-order valence-electron chi connectivity index (χ2n) is 11.6.